The van der Waals surface area contributed by atoms with Crippen molar-refractivity contribution in [2.45, 2.75) is 12.8 Å². The Bertz CT molecular complexity index is 419. The van der Waals surface area contributed by atoms with Crippen molar-refractivity contribution in [3.8, 4) is 0 Å². The number of carboxylic acids is 1. The molecule has 2 N–H and O–H groups in total. The Morgan fingerprint density at radius 2 is 2.25 bits per heavy atom. The lowest BCUT2D eigenvalue weighted by Gasteiger charge is -2.17. The summed E-state index contributed by atoms with van der Waals surface area (Å²) in [6, 6.07) is 5.64. The first-order valence-corrected chi connectivity index (χ1v) is 5.67. The quantitative estimate of drug-likeness (QED) is 0.830. The molecule has 1 aliphatic rings. The van der Waals surface area contributed by atoms with Gasteiger partial charge in [0.2, 0.25) is 0 Å². The number of rotatable bonds is 2. The van der Waals surface area contributed by atoms with Gasteiger partial charge in [0.1, 0.15) is 0 Å². The summed E-state index contributed by atoms with van der Waals surface area (Å²) < 4.78 is 0. The van der Waals surface area contributed by atoms with Crippen LogP contribution < -0.4 is 5.32 Å². The summed E-state index contributed by atoms with van der Waals surface area (Å²) in [6.07, 6.45) is 0. The molecule has 2 atom stereocenters. The monoisotopic (exact) mass is 239 g/mol. The molecule has 2 rings (SSSR count). The average molecular weight is 240 g/mol. The van der Waals surface area contributed by atoms with Crippen molar-refractivity contribution in [3.05, 3.63) is 34.3 Å². The number of nitrogens with one attached hydrogen (secondary N) is 1. The number of benzene rings is 1. The Hall–Kier alpha value is -1.06. The fourth-order valence-electron chi connectivity index (χ4n) is 2.32. The largest absolute Gasteiger partial charge is 0.481 e. The van der Waals surface area contributed by atoms with E-state index in [9.17, 15) is 4.79 Å². The van der Waals surface area contributed by atoms with Gasteiger partial charge in [-0.05, 0) is 30.2 Å². The molecule has 0 bridgehead atoms. The van der Waals surface area contributed by atoms with Crippen molar-refractivity contribution < 1.29 is 9.90 Å². The lowest BCUT2D eigenvalue weighted by Crippen LogP contribution is -2.21. The lowest BCUT2D eigenvalue weighted by atomic mass is 9.86. The molecule has 0 amide bonds. The predicted molar refractivity (Wildman–Crippen MR) is 62.9 cm³/mol. The summed E-state index contributed by atoms with van der Waals surface area (Å²) in [7, 11) is 0. The molecular weight excluding hydrogens is 226 g/mol. The van der Waals surface area contributed by atoms with Crippen molar-refractivity contribution in [2.24, 2.45) is 5.92 Å². The predicted octanol–water partition coefficient (Wildman–Crippen LogP) is 2.04. The van der Waals surface area contributed by atoms with Crippen LogP contribution in [0.15, 0.2) is 18.2 Å². The summed E-state index contributed by atoms with van der Waals surface area (Å²) in [5.41, 5.74) is 2.15. The number of carboxylic acid groups (broad SMARTS) is 1. The Labute approximate surface area is 99.4 Å². The van der Waals surface area contributed by atoms with Gasteiger partial charge in [-0.25, -0.2) is 0 Å². The van der Waals surface area contributed by atoms with Crippen molar-refractivity contribution >= 4 is 17.6 Å². The van der Waals surface area contributed by atoms with Gasteiger partial charge in [0.05, 0.1) is 5.92 Å². The molecular formula is C12H14ClNO2. The molecule has 0 aliphatic carbocycles. The van der Waals surface area contributed by atoms with Gasteiger partial charge in [0, 0.05) is 24.0 Å². The third-order valence-corrected chi connectivity index (χ3v) is 3.40. The van der Waals surface area contributed by atoms with Gasteiger partial charge in [-0.1, -0.05) is 17.7 Å². The number of halogens is 1. The Morgan fingerprint density at radius 1 is 1.50 bits per heavy atom. The second-order valence-corrected chi connectivity index (χ2v) is 4.65. The van der Waals surface area contributed by atoms with E-state index in [0.29, 0.717) is 11.6 Å². The second kappa shape index (κ2) is 4.44. The molecule has 1 aliphatic heterocycles. The van der Waals surface area contributed by atoms with Gasteiger partial charge in [-0.15, -0.1) is 0 Å². The SMILES string of the molecule is Cc1cc(Cl)ccc1C1CNCC1C(=O)O. The highest BCUT2D eigenvalue weighted by Gasteiger charge is 2.34. The summed E-state index contributed by atoms with van der Waals surface area (Å²) in [5.74, 6) is -1.01. The molecule has 1 heterocycles. The third kappa shape index (κ3) is 2.06. The number of carbonyl (C=O) groups is 1. The first-order valence-electron chi connectivity index (χ1n) is 5.29. The molecule has 0 radical (unpaired) electrons. The molecule has 1 fully saturated rings. The lowest BCUT2D eigenvalue weighted by molar-refractivity contribution is -0.141. The zero-order valence-electron chi connectivity index (χ0n) is 9.03. The van der Waals surface area contributed by atoms with Crippen LogP contribution in [0.2, 0.25) is 5.02 Å². The normalized spacial score (nSPS) is 24.6. The Balaban J connectivity index is 2.32. The van der Waals surface area contributed by atoms with Crippen LogP contribution in [0.4, 0.5) is 0 Å². The number of aliphatic carboxylic acids is 1. The van der Waals surface area contributed by atoms with Crippen LogP contribution in [0.3, 0.4) is 0 Å². The highest BCUT2D eigenvalue weighted by molar-refractivity contribution is 6.30. The minimum atomic E-state index is -0.732. The van der Waals surface area contributed by atoms with E-state index < -0.39 is 5.97 Å². The number of hydrogen-bond acceptors (Lipinski definition) is 2. The second-order valence-electron chi connectivity index (χ2n) is 4.21. The van der Waals surface area contributed by atoms with Crippen LogP contribution in [0.5, 0.6) is 0 Å². The molecule has 3 nitrogen and oxygen atoms in total. The van der Waals surface area contributed by atoms with Crippen molar-refractivity contribution in [1.29, 1.82) is 0 Å². The van der Waals surface area contributed by atoms with Gasteiger partial charge in [-0.3, -0.25) is 4.79 Å². The highest BCUT2D eigenvalue weighted by atomic mass is 35.5. The molecule has 86 valence electrons. The minimum Gasteiger partial charge on any atom is -0.481 e. The van der Waals surface area contributed by atoms with Crippen molar-refractivity contribution in [1.82, 2.24) is 5.32 Å². The van der Waals surface area contributed by atoms with E-state index in [1.807, 2.05) is 25.1 Å². The van der Waals surface area contributed by atoms with E-state index in [1.54, 1.807) is 0 Å². The molecule has 4 heteroatoms. The van der Waals surface area contributed by atoms with Gasteiger partial charge >= 0.3 is 5.97 Å². The van der Waals surface area contributed by atoms with Crippen LogP contribution in [-0.4, -0.2) is 24.2 Å². The number of hydrogen-bond donors (Lipinski definition) is 2. The van der Waals surface area contributed by atoms with E-state index in [2.05, 4.69) is 5.32 Å². The van der Waals surface area contributed by atoms with Crippen LogP contribution in [0, 0.1) is 12.8 Å². The fraction of sp³-hybridized carbons (Fsp3) is 0.417. The smallest absolute Gasteiger partial charge is 0.308 e. The molecule has 16 heavy (non-hydrogen) atoms. The van der Waals surface area contributed by atoms with Crippen LogP contribution in [-0.2, 0) is 4.79 Å². The standard InChI is InChI=1S/C12H14ClNO2/c1-7-4-8(13)2-3-9(7)10-5-14-6-11(10)12(15)16/h2-4,10-11,14H,5-6H2,1H3,(H,15,16). The zero-order valence-corrected chi connectivity index (χ0v) is 9.79. The highest BCUT2D eigenvalue weighted by Crippen LogP contribution is 2.31. The minimum absolute atomic E-state index is 0.0507. The van der Waals surface area contributed by atoms with E-state index >= 15 is 0 Å². The van der Waals surface area contributed by atoms with Gasteiger partial charge in [0.15, 0.2) is 0 Å². The van der Waals surface area contributed by atoms with E-state index in [4.69, 9.17) is 16.7 Å². The Morgan fingerprint density at radius 3 is 2.88 bits per heavy atom. The molecule has 0 aromatic heterocycles. The van der Waals surface area contributed by atoms with Gasteiger partial charge in [-0.2, -0.15) is 0 Å². The van der Waals surface area contributed by atoms with Gasteiger partial charge < -0.3 is 10.4 Å². The molecule has 2 unspecified atom stereocenters. The van der Waals surface area contributed by atoms with E-state index in [1.165, 1.54) is 0 Å². The zero-order chi connectivity index (χ0) is 11.7. The van der Waals surface area contributed by atoms with Crippen LogP contribution in [0.25, 0.3) is 0 Å². The molecule has 1 aromatic rings. The van der Waals surface area contributed by atoms with Gasteiger partial charge in [0.25, 0.3) is 0 Å². The Kier molecular flexibility index (Phi) is 3.17. The first kappa shape index (κ1) is 11.4. The molecule has 0 spiro atoms. The summed E-state index contributed by atoms with van der Waals surface area (Å²) >= 11 is 5.89. The maximum absolute atomic E-state index is 11.1. The number of aryl methyl sites for hydroxylation is 1. The first-order chi connectivity index (χ1) is 7.59. The average Bonchev–Trinajstić information content (AvgIpc) is 2.66. The summed E-state index contributed by atoms with van der Waals surface area (Å²) in [4.78, 5) is 11.1. The third-order valence-electron chi connectivity index (χ3n) is 3.16. The summed E-state index contributed by atoms with van der Waals surface area (Å²) in [6.45, 7) is 3.24. The molecule has 1 saturated heterocycles. The van der Waals surface area contributed by atoms with E-state index in [-0.39, 0.29) is 11.8 Å². The van der Waals surface area contributed by atoms with Crippen LogP contribution >= 0.6 is 11.6 Å². The summed E-state index contributed by atoms with van der Waals surface area (Å²) in [5, 5.41) is 12.9. The molecule has 0 saturated carbocycles. The maximum Gasteiger partial charge on any atom is 0.308 e. The van der Waals surface area contributed by atoms with Crippen molar-refractivity contribution in [2.75, 3.05) is 13.1 Å². The van der Waals surface area contributed by atoms with E-state index in [0.717, 1.165) is 17.7 Å². The maximum atomic E-state index is 11.1. The molecule has 1 aromatic carbocycles. The topological polar surface area (TPSA) is 49.3 Å². The fourth-order valence-corrected chi connectivity index (χ4v) is 2.55. The van der Waals surface area contributed by atoms with Crippen LogP contribution in [0.1, 0.15) is 17.0 Å². The van der Waals surface area contributed by atoms with Crippen molar-refractivity contribution in [3.63, 3.8) is 0 Å².